The third-order valence-electron chi connectivity index (χ3n) is 5.19. The van der Waals surface area contributed by atoms with Gasteiger partial charge in [-0.05, 0) is 60.0 Å². The summed E-state index contributed by atoms with van der Waals surface area (Å²) in [5.74, 6) is 0.332. The molecule has 1 saturated heterocycles. The van der Waals surface area contributed by atoms with Gasteiger partial charge in [0.15, 0.2) is 0 Å². The van der Waals surface area contributed by atoms with Gasteiger partial charge in [-0.2, -0.15) is 0 Å². The summed E-state index contributed by atoms with van der Waals surface area (Å²) in [4.78, 5) is 26.2. The van der Waals surface area contributed by atoms with Crippen molar-refractivity contribution < 1.29 is 18.7 Å². The van der Waals surface area contributed by atoms with Crippen LogP contribution in [0.15, 0.2) is 72.8 Å². The van der Waals surface area contributed by atoms with Crippen molar-refractivity contribution in [2.45, 2.75) is 26.0 Å². The SMILES string of the molecule is O=C(NCc1ccc(OCc2ccc(F)cc2)cc1)c1cccc(N2CCCC2=O)c1. The van der Waals surface area contributed by atoms with Crippen LogP contribution in [0.3, 0.4) is 0 Å². The van der Waals surface area contributed by atoms with E-state index in [2.05, 4.69) is 5.32 Å². The fourth-order valence-corrected chi connectivity index (χ4v) is 3.47. The van der Waals surface area contributed by atoms with E-state index in [0.29, 0.717) is 37.4 Å². The van der Waals surface area contributed by atoms with Crippen molar-refractivity contribution in [3.63, 3.8) is 0 Å². The Bertz CT molecular complexity index is 1060. The number of nitrogens with zero attached hydrogens (tertiary/aromatic N) is 1. The number of anilines is 1. The van der Waals surface area contributed by atoms with Crippen molar-refractivity contribution in [1.29, 1.82) is 0 Å². The Morgan fingerprint density at radius 1 is 1.00 bits per heavy atom. The molecule has 31 heavy (non-hydrogen) atoms. The van der Waals surface area contributed by atoms with E-state index in [1.165, 1.54) is 12.1 Å². The number of ether oxygens (including phenoxy) is 1. The van der Waals surface area contributed by atoms with Crippen LogP contribution in [0, 0.1) is 5.82 Å². The third kappa shape index (κ3) is 5.28. The van der Waals surface area contributed by atoms with Gasteiger partial charge in [-0.1, -0.05) is 30.3 Å². The van der Waals surface area contributed by atoms with Crippen molar-refractivity contribution in [3.05, 3.63) is 95.3 Å². The van der Waals surface area contributed by atoms with Crippen molar-refractivity contribution in [2.75, 3.05) is 11.4 Å². The minimum Gasteiger partial charge on any atom is -0.489 e. The number of rotatable bonds is 7. The van der Waals surface area contributed by atoms with Gasteiger partial charge in [-0.25, -0.2) is 4.39 Å². The summed E-state index contributed by atoms with van der Waals surface area (Å²) < 4.78 is 18.7. The first kappa shape index (κ1) is 20.6. The number of halogens is 1. The molecule has 0 saturated carbocycles. The molecule has 5 nitrogen and oxygen atoms in total. The van der Waals surface area contributed by atoms with E-state index in [0.717, 1.165) is 23.2 Å². The van der Waals surface area contributed by atoms with Gasteiger partial charge in [0.05, 0.1) is 0 Å². The first-order valence-electron chi connectivity index (χ1n) is 10.2. The lowest BCUT2D eigenvalue weighted by Gasteiger charge is -2.16. The zero-order chi connectivity index (χ0) is 21.6. The Balaban J connectivity index is 1.30. The monoisotopic (exact) mass is 418 g/mol. The average molecular weight is 418 g/mol. The molecule has 6 heteroatoms. The Labute approximate surface area is 180 Å². The topological polar surface area (TPSA) is 58.6 Å². The van der Waals surface area contributed by atoms with Crippen LogP contribution in [-0.2, 0) is 17.9 Å². The molecule has 1 N–H and O–H groups in total. The van der Waals surface area contributed by atoms with Crippen LogP contribution in [0.1, 0.15) is 34.3 Å². The summed E-state index contributed by atoms with van der Waals surface area (Å²) in [6.45, 7) is 1.43. The van der Waals surface area contributed by atoms with Crippen LogP contribution < -0.4 is 15.0 Å². The number of nitrogens with one attached hydrogen (secondary N) is 1. The van der Waals surface area contributed by atoms with Crippen molar-refractivity contribution in [3.8, 4) is 5.75 Å². The van der Waals surface area contributed by atoms with E-state index in [1.807, 2.05) is 30.3 Å². The molecule has 3 aromatic rings. The number of amides is 2. The fraction of sp³-hybridized carbons (Fsp3) is 0.200. The van der Waals surface area contributed by atoms with Gasteiger partial charge >= 0.3 is 0 Å². The minimum atomic E-state index is -0.272. The molecule has 0 unspecified atom stereocenters. The summed E-state index contributed by atoms with van der Waals surface area (Å²) in [6.07, 6.45) is 1.40. The summed E-state index contributed by atoms with van der Waals surface area (Å²) in [5, 5.41) is 2.91. The van der Waals surface area contributed by atoms with Gasteiger partial charge in [0, 0.05) is 30.8 Å². The zero-order valence-corrected chi connectivity index (χ0v) is 17.0. The predicted molar refractivity (Wildman–Crippen MR) is 116 cm³/mol. The number of benzene rings is 3. The number of carbonyl (C=O) groups is 2. The second-order valence-electron chi connectivity index (χ2n) is 7.44. The molecular formula is C25H23FN2O3. The molecule has 0 aliphatic carbocycles. The van der Waals surface area contributed by atoms with Crippen LogP contribution in [0.4, 0.5) is 10.1 Å². The molecule has 0 bridgehead atoms. The summed E-state index contributed by atoms with van der Waals surface area (Å²) in [5.41, 5.74) is 3.11. The molecule has 1 aliphatic rings. The first-order valence-corrected chi connectivity index (χ1v) is 10.2. The van der Waals surface area contributed by atoms with Crippen LogP contribution in [-0.4, -0.2) is 18.4 Å². The Kier molecular flexibility index (Phi) is 6.26. The molecular weight excluding hydrogens is 395 g/mol. The molecule has 0 radical (unpaired) electrons. The molecule has 0 aromatic heterocycles. The lowest BCUT2D eigenvalue weighted by molar-refractivity contribution is -0.117. The maximum atomic E-state index is 13.0. The molecule has 1 fully saturated rings. The lowest BCUT2D eigenvalue weighted by atomic mass is 10.1. The minimum absolute atomic E-state index is 0.0966. The van der Waals surface area contributed by atoms with E-state index in [-0.39, 0.29) is 17.6 Å². The van der Waals surface area contributed by atoms with E-state index in [9.17, 15) is 14.0 Å². The normalized spacial score (nSPS) is 13.3. The summed E-state index contributed by atoms with van der Waals surface area (Å²) in [6, 6.07) is 20.8. The van der Waals surface area contributed by atoms with E-state index in [1.54, 1.807) is 35.2 Å². The van der Waals surface area contributed by atoms with E-state index < -0.39 is 0 Å². The van der Waals surface area contributed by atoms with Crippen LogP contribution in [0.5, 0.6) is 5.75 Å². The molecule has 158 valence electrons. The van der Waals surface area contributed by atoms with Gasteiger partial charge < -0.3 is 15.0 Å². The maximum absolute atomic E-state index is 13.0. The lowest BCUT2D eigenvalue weighted by Crippen LogP contribution is -2.25. The molecule has 4 rings (SSSR count). The second-order valence-corrected chi connectivity index (χ2v) is 7.44. The van der Waals surface area contributed by atoms with Gasteiger partial charge in [-0.15, -0.1) is 0 Å². The van der Waals surface area contributed by atoms with Gasteiger partial charge in [0.2, 0.25) is 5.91 Å². The van der Waals surface area contributed by atoms with Crippen molar-refractivity contribution in [2.24, 2.45) is 0 Å². The quantitative estimate of drug-likeness (QED) is 0.616. The molecule has 3 aromatic carbocycles. The third-order valence-corrected chi connectivity index (χ3v) is 5.19. The highest BCUT2D eigenvalue weighted by atomic mass is 19.1. The van der Waals surface area contributed by atoms with Crippen LogP contribution in [0.25, 0.3) is 0 Å². The van der Waals surface area contributed by atoms with Crippen molar-refractivity contribution >= 4 is 17.5 Å². The van der Waals surface area contributed by atoms with Gasteiger partial charge in [0.1, 0.15) is 18.2 Å². The van der Waals surface area contributed by atoms with Gasteiger partial charge in [0.25, 0.3) is 5.91 Å². The second kappa shape index (κ2) is 9.43. The predicted octanol–water partition coefficient (Wildman–Crippen LogP) is 4.46. The summed E-state index contributed by atoms with van der Waals surface area (Å²) >= 11 is 0. The first-order chi connectivity index (χ1) is 15.1. The van der Waals surface area contributed by atoms with Crippen LogP contribution >= 0.6 is 0 Å². The maximum Gasteiger partial charge on any atom is 0.251 e. The van der Waals surface area contributed by atoms with E-state index >= 15 is 0 Å². The molecule has 1 heterocycles. The number of carbonyl (C=O) groups excluding carboxylic acids is 2. The average Bonchev–Trinajstić information content (AvgIpc) is 3.24. The smallest absolute Gasteiger partial charge is 0.251 e. The van der Waals surface area contributed by atoms with E-state index in [4.69, 9.17) is 4.74 Å². The highest BCUT2D eigenvalue weighted by molar-refractivity contribution is 5.99. The molecule has 0 spiro atoms. The van der Waals surface area contributed by atoms with Crippen molar-refractivity contribution in [1.82, 2.24) is 5.32 Å². The molecule has 2 amide bonds. The Hall–Kier alpha value is -3.67. The molecule has 1 aliphatic heterocycles. The Morgan fingerprint density at radius 2 is 1.74 bits per heavy atom. The highest BCUT2D eigenvalue weighted by Gasteiger charge is 2.22. The van der Waals surface area contributed by atoms with Crippen LogP contribution in [0.2, 0.25) is 0 Å². The summed E-state index contributed by atoms with van der Waals surface area (Å²) in [7, 11) is 0. The zero-order valence-electron chi connectivity index (χ0n) is 17.0. The largest absolute Gasteiger partial charge is 0.489 e. The number of hydrogen-bond acceptors (Lipinski definition) is 3. The Morgan fingerprint density at radius 3 is 2.45 bits per heavy atom. The fourth-order valence-electron chi connectivity index (χ4n) is 3.47. The van der Waals surface area contributed by atoms with Gasteiger partial charge in [-0.3, -0.25) is 9.59 Å². The molecule has 0 atom stereocenters. The standard InChI is InChI=1S/C25H23FN2O3/c26-21-10-6-19(7-11-21)17-31-23-12-8-18(9-13-23)16-27-25(30)20-3-1-4-22(15-20)28-14-2-5-24(28)29/h1,3-4,6-13,15H,2,5,14,16-17H2,(H,27,30). The number of hydrogen-bond donors (Lipinski definition) is 1. The highest BCUT2D eigenvalue weighted by Crippen LogP contribution is 2.22.